The molecule has 1 aromatic rings. The molecule has 2 aliphatic rings. The normalized spacial score (nSPS) is 25.6. The smallest absolute Gasteiger partial charge is 0.123 e. The molecule has 2 heterocycles. The Labute approximate surface area is 115 Å². The average molecular weight is 260 g/mol. The number of nitrogens with one attached hydrogen (secondary N) is 1. The van der Waals surface area contributed by atoms with Crippen LogP contribution in [0.2, 0.25) is 0 Å². The van der Waals surface area contributed by atoms with Crippen molar-refractivity contribution in [3.05, 3.63) is 29.8 Å². The zero-order chi connectivity index (χ0) is 13.1. The number of benzene rings is 1. The second kappa shape index (κ2) is 5.93. The van der Waals surface area contributed by atoms with Gasteiger partial charge in [-0.25, -0.2) is 0 Å². The molecule has 2 unspecified atom stereocenters. The Morgan fingerprint density at radius 2 is 2.26 bits per heavy atom. The number of hydrogen-bond donors (Lipinski definition) is 1. The Kier molecular flexibility index (Phi) is 4.04. The molecule has 0 spiro atoms. The molecule has 19 heavy (non-hydrogen) atoms. The highest BCUT2D eigenvalue weighted by Gasteiger charge is 2.28. The van der Waals surface area contributed by atoms with Crippen LogP contribution in [0.1, 0.15) is 25.3 Å². The summed E-state index contributed by atoms with van der Waals surface area (Å²) in [6.45, 7) is 6.81. The lowest BCUT2D eigenvalue weighted by Crippen LogP contribution is -2.43. The Hall–Kier alpha value is -1.06. The average Bonchev–Trinajstić information content (AvgIpc) is 3.07. The van der Waals surface area contributed by atoms with Gasteiger partial charge in [0.1, 0.15) is 11.9 Å². The van der Waals surface area contributed by atoms with Gasteiger partial charge in [-0.1, -0.05) is 25.1 Å². The van der Waals surface area contributed by atoms with E-state index in [0.29, 0.717) is 12.1 Å². The molecule has 3 nitrogen and oxygen atoms in total. The fourth-order valence-electron chi connectivity index (χ4n) is 3.28. The van der Waals surface area contributed by atoms with Crippen molar-refractivity contribution in [3.63, 3.8) is 0 Å². The van der Waals surface area contributed by atoms with E-state index in [1.165, 1.54) is 24.9 Å². The SMILES string of the molecule is CCCN(CC1Cc2ccccc2O1)C1CCNC1. The zero-order valence-electron chi connectivity index (χ0n) is 11.8. The Bertz CT molecular complexity index is 390. The summed E-state index contributed by atoms with van der Waals surface area (Å²) in [6, 6.07) is 9.15. The van der Waals surface area contributed by atoms with Crippen molar-refractivity contribution in [2.45, 2.75) is 38.3 Å². The number of nitrogens with zero attached hydrogens (tertiary/aromatic N) is 1. The van der Waals surface area contributed by atoms with E-state index in [9.17, 15) is 0 Å². The van der Waals surface area contributed by atoms with Gasteiger partial charge in [-0.3, -0.25) is 4.90 Å². The van der Waals surface area contributed by atoms with Crippen molar-refractivity contribution < 1.29 is 4.74 Å². The molecule has 1 N–H and O–H groups in total. The summed E-state index contributed by atoms with van der Waals surface area (Å²) in [5.74, 6) is 1.09. The molecule has 3 rings (SSSR count). The highest BCUT2D eigenvalue weighted by molar-refractivity contribution is 5.37. The molecule has 2 atom stereocenters. The first-order chi connectivity index (χ1) is 9.36. The van der Waals surface area contributed by atoms with Gasteiger partial charge in [0, 0.05) is 25.6 Å². The maximum Gasteiger partial charge on any atom is 0.123 e. The predicted octanol–water partition coefficient (Wildman–Crippen LogP) is 2.06. The Morgan fingerprint density at radius 3 is 3.00 bits per heavy atom. The summed E-state index contributed by atoms with van der Waals surface area (Å²) in [6.07, 6.45) is 3.90. The second-order valence-corrected chi connectivity index (χ2v) is 5.69. The minimum absolute atomic E-state index is 0.338. The van der Waals surface area contributed by atoms with E-state index in [1.54, 1.807) is 0 Å². The summed E-state index contributed by atoms with van der Waals surface area (Å²) < 4.78 is 6.08. The molecule has 1 saturated heterocycles. The molecule has 2 aliphatic heterocycles. The van der Waals surface area contributed by atoms with E-state index < -0.39 is 0 Å². The van der Waals surface area contributed by atoms with E-state index in [2.05, 4.69) is 41.4 Å². The number of rotatable bonds is 5. The number of hydrogen-bond acceptors (Lipinski definition) is 3. The monoisotopic (exact) mass is 260 g/mol. The minimum atomic E-state index is 0.338. The van der Waals surface area contributed by atoms with Crippen LogP contribution in [0.25, 0.3) is 0 Å². The lowest BCUT2D eigenvalue weighted by molar-refractivity contribution is 0.121. The van der Waals surface area contributed by atoms with Gasteiger partial charge in [-0.2, -0.15) is 0 Å². The van der Waals surface area contributed by atoms with Gasteiger partial charge < -0.3 is 10.1 Å². The van der Waals surface area contributed by atoms with Gasteiger partial charge in [0.15, 0.2) is 0 Å². The molecule has 0 aliphatic carbocycles. The molecule has 0 bridgehead atoms. The molecular formula is C16H24N2O. The van der Waals surface area contributed by atoms with Crippen molar-refractivity contribution in [3.8, 4) is 5.75 Å². The molecule has 3 heteroatoms. The van der Waals surface area contributed by atoms with Crippen molar-refractivity contribution in [1.82, 2.24) is 10.2 Å². The van der Waals surface area contributed by atoms with Crippen molar-refractivity contribution in [2.75, 3.05) is 26.2 Å². The third kappa shape index (κ3) is 2.93. The number of para-hydroxylation sites is 1. The molecular weight excluding hydrogens is 236 g/mol. The van der Waals surface area contributed by atoms with Crippen LogP contribution in [-0.4, -0.2) is 43.2 Å². The van der Waals surface area contributed by atoms with E-state index in [0.717, 1.165) is 31.8 Å². The summed E-state index contributed by atoms with van der Waals surface area (Å²) in [4.78, 5) is 2.62. The molecule has 0 radical (unpaired) electrons. The van der Waals surface area contributed by atoms with Crippen LogP contribution in [0.3, 0.4) is 0 Å². The summed E-state index contributed by atoms with van der Waals surface area (Å²) >= 11 is 0. The molecule has 1 aromatic carbocycles. The van der Waals surface area contributed by atoms with E-state index in [1.807, 2.05) is 0 Å². The van der Waals surface area contributed by atoms with Crippen LogP contribution in [0.15, 0.2) is 24.3 Å². The molecule has 1 fully saturated rings. The third-order valence-electron chi connectivity index (χ3n) is 4.21. The van der Waals surface area contributed by atoms with Crippen LogP contribution in [0.5, 0.6) is 5.75 Å². The zero-order valence-corrected chi connectivity index (χ0v) is 11.8. The van der Waals surface area contributed by atoms with Gasteiger partial charge in [0.05, 0.1) is 0 Å². The van der Waals surface area contributed by atoms with Crippen LogP contribution >= 0.6 is 0 Å². The van der Waals surface area contributed by atoms with Crippen LogP contribution in [0.4, 0.5) is 0 Å². The highest BCUT2D eigenvalue weighted by atomic mass is 16.5. The summed E-state index contributed by atoms with van der Waals surface area (Å²) in [5.41, 5.74) is 1.37. The van der Waals surface area contributed by atoms with Gasteiger partial charge in [-0.15, -0.1) is 0 Å². The molecule has 0 saturated carbocycles. The van der Waals surface area contributed by atoms with Gasteiger partial charge in [0.2, 0.25) is 0 Å². The van der Waals surface area contributed by atoms with Crippen molar-refractivity contribution in [2.24, 2.45) is 0 Å². The fourth-order valence-corrected chi connectivity index (χ4v) is 3.28. The third-order valence-corrected chi connectivity index (χ3v) is 4.21. The van der Waals surface area contributed by atoms with Gasteiger partial charge in [-0.05, 0) is 37.6 Å². The fraction of sp³-hybridized carbons (Fsp3) is 0.625. The minimum Gasteiger partial charge on any atom is -0.488 e. The first-order valence-electron chi connectivity index (χ1n) is 7.56. The number of fused-ring (bicyclic) bond motifs is 1. The lowest BCUT2D eigenvalue weighted by atomic mass is 10.1. The maximum atomic E-state index is 6.08. The van der Waals surface area contributed by atoms with Crippen LogP contribution in [-0.2, 0) is 6.42 Å². The topological polar surface area (TPSA) is 24.5 Å². The Balaban J connectivity index is 1.61. The highest BCUT2D eigenvalue weighted by Crippen LogP contribution is 2.29. The first kappa shape index (κ1) is 12.9. The predicted molar refractivity (Wildman–Crippen MR) is 77.7 cm³/mol. The van der Waals surface area contributed by atoms with Gasteiger partial charge >= 0.3 is 0 Å². The van der Waals surface area contributed by atoms with Gasteiger partial charge in [0.25, 0.3) is 0 Å². The lowest BCUT2D eigenvalue weighted by Gasteiger charge is -2.30. The van der Waals surface area contributed by atoms with Crippen LogP contribution in [0, 0.1) is 0 Å². The maximum absolute atomic E-state index is 6.08. The molecule has 0 amide bonds. The second-order valence-electron chi connectivity index (χ2n) is 5.69. The standard InChI is InChI=1S/C16H24N2O/c1-2-9-18(14-7-8-17-11-14)12-15-10-13-5-3-4-6-16(13)19-15/h3-6,14-15,17H,2,7-12H2,1H3. The largest absolute Gasteiger partial charge is 0.488 e. The van der Waals surface area contributed by atoms with E-state index in [-0.39, 0.29) is 0 Å². The summed E-state index contributed by atoms with van der Waals surface area (Å²) in [5, 5.41) is 3.47. The summed E-state index contributed by atoms with van der Waals surface area (Å²) in [7, 11) is 0. The first-order valence-corrected chi connectivity index (χ1v) is 7.56. The van der Waals surface area contributed by atoms with E-state index in [4.69, 9.17) is 4.74 Å². The molecule has 0 aromatic heterocycles. The van der Waals surface area contributed by atoms with Crippen molar-refractivity contribution in [1.29, 1.82) is 0 Å². The number of ether oxygens (including phenoxy) is 1. The quantitative estimate of drug-likeness (QED) is 0.877. The van der Waals surface area contributed by atoms with Crippen LogP contribution < -0.4 is 10.1 Å². The molecule has 104 valence electrons. The Morgan fingerprint density at radius 1 is 1.37 bits per heavy atom. The van der Waals surface area contributed by atoms with Crippen molar-refractivity contribution >= 4 is 0 Å². The van der Waals surface area contributed by atoms with E-state index >= 15 is 0 Å².